The Hall–Kier alpha value is -2.25. The Morgan fingerprint density at radius 1 is 1.19 bits per heavy atom. The highest BCUT2D eigenvalue weighted by atomic mass is 35.5. The van der Waals surface area contributed by atoms with Gasteiger partial charge in [-0.25, -0.2) is 4.39 Å². The number of benzene rings is 2. The van der Waals surface area contributed by atoms with Crippen molar-refractivity contribution in [3.63, 3.8) is 0 Å². The van der Waals surface area contributed by atoms with Gasteiger partial charge < -0.3 is 9.47 Å². The molecule has 2 aromatic rings. The fourth-order valence-corrected chi connectivity index (χ4v) is 2.08. The molecule has 0 saturated heterocycles. The molecule has 3 nitrogen and oxygen atoms in total. The number of alkyl halides is 1. The maximum atomic E-state index is 13.1. The normalized spacial score (nSPS) is 10.0. The first-order valence-corrected chi connectivity index (χ1v) is 6.75. The molecule has 21 heavy (non-hydrogen) atoms. The first-order valence-electron chi connectivity index (χ1n) is 6.22. The number of hydrogen-bond donors (Lipinski definition) is 0. The number of ether oxygens (including phenoxy) is 2. The Morgan fingerprint density at radius 3 is 2.67 bits per heavy atom. The second kappa shape index (κ2) is 6.96. The minimum atomic E-state index is -0.349. The largest absolute Gasteiger partial charge is 0.495 e. The van der Waals surface area contributed by atoms with E-state index in [9.17, 15) is 4.39 Å². The number of halogens is 2. The van der Waals surface area contributed by atoms with Crippen molar-refractivity contribution in [3.05, 3.63) is 58.9 Å². The summed E-state index contributed by atoms with van der Waals surface area (Å²) in [5, 5.41) is 8.93. The highest BCUT2D eigenvalue weighted by Crippen LogP contribution is 2.24. The highest BCUT2D eigenvalue weighted by Gasteiger charge is 2.07. The second-order valence-electron chi connectivity index (χ2n) is 4.32. The molecule has 108 valence electrons. The molecule has 0 aliphatic heterocycles. The minimum Gasteiger partial charge on any atom is -0.495 e. The van der Waals surface area contributed by atoms with Crippen molar-refractivity contribution in [1.82, 2.24) is 0 Å². The van der Waals surface area contributed by atoms with Gasteiger partial charge in [0, 0.05) is 5.56 Å². The van der Waals surface area contributed by atoms with Crippen LogP contribution in [0.1, 0.15) is 16.7 Å². The third kappa shape index (κ3) is 3.65. The van der Waals surface area contributed by atoms with Gasteiger partial charge in [0.15, 0.2) is 0 Å². The van der Waals surface area contributed by atoms with Crippen LogP contribution in [0.5, 0.6) is 11.5 Å². The molecule has 0 unspecified atom stereocenters. The van der Waals surface area contributed by atoms with Gasteiger partial charge in [-0.1, -0.05) is 6.07 Å². The molecule has 0 radical (unpaired) electrons. The molecule has 0 bridgehead atoms. The zero-order chi connectivity index (χ0) is 15.2. The second-order valence-corrected chi connectivity index (χ2v) is 4.59. The van der Waals surface area contributed by atoms with Crippen molar-refractivity contribution < 1.29 is 13.9 Å². The van der Waals surface area contributed by atoms with Crippen LogP contribution in [0.4, 0.5) is 4.39 Å². The third-order valence-electron chi connectivity index (χ3n) is 2.95. The average molecular weight is 306 g/mol. The Kier molecular flexibility index (Phi) is 5.02. The smallest absolute Gasteiger partial charge is 0.137 e. The summed E-state index contributed by atoms with van der Waals surface area (Å²) in [5.74, 6) is 0.854. The molecule has 0 heterocycles. The minimum absolute atomic E-state index is 0.170. The first kappa shape index (κ1) is 15.1. The van der Waals surface area contributed by atoms with Crippen molar-refractivity contribution in [2.45, 2.75) is 12.5 Å². The van der Waals surface area contributed by atoms with Crippen LogP contribution in [0, 0.1) is 17.1 Å². The van der Waals surface area contributed by atoms with Crippen molar-refractivity contribution in [1.29, 1.82) is 5.26 Å². The molecule has 2 rings (SSSR count). The summed E-state index contributed by atoms with van der Waals surface area (Å²) in [6.45, 7) is 0.275. The lowest BCUT2D eigenvalue weighted by atomic mass is 10.1. The zero-order valence-electron chi connectivity index (χ0n) is 11.4. The molecule has 0 aromatic heterocycles. The molecule has 0 aliphatic rings. The van der Waals surface area contributed by atoms with Gasteiger partial charge in [-0.2, -0.15) is 5.26 Å². The Labute approximate surface area is 127 Å². The number of hydrogen-bond acceptors (Lipinski definition) is 3. The maximum absolute atomic E-state index is 13.1. The van der Waals surface area contributed by atoms with Gasteiger partial charge in [-0.3, -0.25) is 0 Å². The summed E-state index contributed by atoms with van der Waals surface area (Å²) in [7, 11) is 1.51. The monoisotopic (exact) mass is 305 g/mol. The lowest BCUT2D eigenvalue weighted by molar-refractivity contribution is 0.302. The van der Waals surface area contributed by atoms with E-state index < -0.39 is 0 Å². The summed E-state index contributed by atoms with van der Waals surface area (Å²) in [6.07, 6.45) is 0. The number of rotatable bonds is 5. The van der Waals surface area contributed by atoms with Crippen molar-refractivity contribution in [2.24, 2.45) is 0 Å². The highest BCUT2D eigenvalue weighted by molar-refractivity contribution is 6.17. The fraction of sp³-hybridized carbons (Fsp3) is 0.188. The zero-order valence-corrected chi connectivity index (χ0v) is 12.2. The molecule has 0 spiro atoms. The molecule has 0 N–H and O–H groups in total. The maximum Gasteiger partial charge on any atom is 0.137 e. The predicted molar refractivity (Wildman–Crippen MR) is 78.0 cm³/mol. The lowest BCUT2D eigenvalue weighted by Gasteiger charge is -2.11. The lowest BCUT2D eigenvalue weighted by Crippen LogP contribution is -1.99. The van der Waals surface area contributed by atoms with Gasteiger partial charge in [-0.15, -0.1) is 11.6 Å². The molecule has 2 aromatic carbocycles. The fourth-order valence-electron chi connectivity index (χ4n) is 1.87. The molecule has 0 saturated carbocycles. The van der Waals surface area contributed by atoms with E-state index >= 15 is 0 Å². The molecule has 5 heteroatoms. The van der Waals surface area contributed by atoms with Crippen LogP contribution in [-0.4, -0.2) is 7.11 Å². The van der Waals surface area contributed by atoms with Crippen LogP contribution in [0.15, 0.2) is 36.4 Å². The summed E-state index contributed by atoms with van der Waals surface area (Å²) >= 11 is 5.77. The van der Waals surface area contributed by atoms with E-state index in [-0.39, 0.29) is 18.3 Å². The molecule has 0 aliphatic carbocycles. The van der Waals surface area contributed by atoms with Gasteiger partial charge in [0.25, 0.3) is 0 Å². The molecule has 0 fully saturated rings. The molecule has 0 atom stereocenters. The van der Waals surface area contributed by atoms with Gasteiger partial charge in [0.1, 0.15) is 30.0 Å². The van der Waals surface area contributed by atoms with Gasteiger partial charge in [-0.05, 0) is 35.9 Å². The summed E-state index contributed by atoms with van der Waals surface area (Å²) in [5.41, 5.74) is 1.90. The van der Waals surface area contributed by atoms with Crippen molar-refractivity contribution in [2.75, 3.05) is 7.11 Å². The first-order chi connectivity index (χ1) is 10.2. The van der Waals surface area contributed by atoms with Crippen LogP contribution >= 0.6 is 11.6 Å². The van der Waals surface area contributed by atoms with Crippen LogP contribution in [0.25, 0.3) is 0 Å². The topological polar surface area (TPSA) is 42.2 Å². The third-order valence-corrected chi connectivity index (χ3v) is 3.24. The molecular weight excluding hydrogens is 293 g/mol. The SMILES string of the molecule is COc1cc(COc2ccc(F)cc2CCl)ccc1C#N. The van der Waals surface area contributed by atoms with E-state index in [1.807, 2.05) is 6.07 Å². The molecular formula is C16H13ClFNO2. The van der Waals surface area contributed by atoms with E-state index in [0.29, 0.717) is 22.6 Å². The van der Waals surface area contributed by atoms with Crippen LogP contribution in [0.2, 0.25) is 0 Å². The van der Waals surface area contributed by atoms with E-state index in [1.54, 1.807) is 24.3 Å². The standard InChI is InChI=1S/C16H13ClFNO2/c1-20-16-6-11(2-3-12(16)9-19)10-21-15-5-4-14(18)7-13(15)8-17/h2-7H,8,10H2,1H3. The van der Waals surface area contributed by atoms with Gasteiger partial charge in [0.2, 0.25) is 0 Å². The van der Waals surface area contributed by atoms with E-state index in [4.69, 9.17) is 26.3 Å². The van der Waals surface area contributed by atoms with Crippen molar-refractivity contribution in [3.8, 4) is 17.6 Å². The van der Waals surface area contributed by atoms with Gasteiger partial charge >= 0.3 is 0 Å². The van der Waals surface area contributed by atoms with E-state index in [0.717, 1.165) is 5.56 Å². The van der Waals surface area contributed by atoms with E-state index in [1.165, 1.54) is 19.2 Å². The summed E-state index contributed by atoms with van der Waals surface area (Å²) in [4.78, 5) is 0. The number of methoxy groups -OCH3 is 1. The summed E-state index contributed by atoms with van der Waals surface area (Å²) in [6, 6.07) is 11.5. The average Bonchev–Trinajstić information content (AvgIpc) is 2.53. The Bertz CT molecular complexity index is 682. The Balaban J connectivity index is 2.15. The van der Waals surface area contributed by atoms with Crippen LogP contribution in [-0.2, 0) is 12.5 Å². The number of nitriles is 1. The number of nitrogens with zero attached hydrogens (tertiary/aromatic N) is 1. The van der Waals surface area contributed by atoms with Crippen LogP contribution in [0.3, 0.4) is 0 Å². The quantitative estimate of drug-likeness (QED) is 0.783. The van der Waals surface area contributed by atoms with Crippen molar-refractivity contribution >= 4 is 11.6 Å². The van der Waals surface area contributed by atoms with E-state index in [2.05, 4.69) is 0 Å². The Morgan fingerprint density at radius 2 is 2.00 bits per heavy atom. The predicted octanol–water partition coefficient (Wildman–Crippen LogP) is 4.02. The molecule has 0 amide bonds. The van der Waals surface area contributed by atoms with Crippen LogP contribution < -0.4 is 9.47 Å². The summed E-state index contributed by atoms with van der Waals surface area (Å²) < 4.78 is 23.9. The van der Waals surface area contributed by atoms with Gasteiger partial charge in [0.05, 0.1) is 18.6 Å².